The molecule has 120 valence electrons. The minimum absolute atomic E-state index is 0.163. The maximum absolute atomic E-state index is 12.4. The molecule has 1 amide bonds. The number of aromatic nitrogens is 4. The van der Waals surface area contributed by atoms with Gasteiger partial charge in [-0.1, -0.05) is 11.3 Å². The molecule has 1 fully saturated rings. The molecular formula is C14H16N6OS2. The Labute approximate surface area is 141 Å². The molecule has 0 atom stereocenters. The number of carbonyl (C=O) groups is 1. The van der Waals surface area contributed by atoms with Gasteiger partial charge in [0.25, 0.3) is 5.91 Å². The lowest BCUT2D eigenvalue weighted by Crippen LogP contribution is -2.14. The third kappa shape index (κ3) is 2.59. The van der Waals surface area contributed by atoms with Crippen molar-refractivity contribution >= 4 is 49.2 Å². The summed E-state index contributed by atoms with van der Waals surface area (Å²) >= 11 is 2.98. The lowest BCUT2D eigenvalue weighted by molar-refractivity contribution is 0.102. The number of amides is 1. The number of thiophene rings is 1. The van der Waals surface area contributed by atoms with Gasteiger partial charge in [0, 0.05) is 27.1 Å². The van der Waals surface area contributed by atoms with Gasteiger partial charge in [-0.15, -0.1) is 21.5 Å². The Hall–Kier alpha value is -2.00. The summed E-state index contributed by atoms with van der Waals surface area (Å²) in [4.78, 5) is 20.5. The zero-order valence-electron chi connectivity index (χ0n) is 13.0. The molecule has 0 saturated heterocycles. The van der Waals surface area contributed by atoms with Gasteiger partial charge in [0.1, 0.15) is 10.7 Å². The molecule has 3 aromatic rings. The standard InChI is InChI=1S/C14H16N6OS2/c1-19(2)14-16-12-9(23-14)6-8(22-12)11(21)15-13-18-17-10(20(13)3)7-4-5-7/h6-7H,4-5H2,1-3H3,(H,15,18,21). The summed E-state index contributed by atoms with van der Waals surface area (Å²) in [5, 5.41) is 12.1. The Morgan fingerprint density at radius 3 is 2.78 bits per heavy atom. The van der Waals surface area contributed by atoms with E-state index >= 15 is 0 Å². The van der Waals surface area contributed by atoms with Crippen LogP contribution in [0.4, 0.5) is 11.1 Å². The van der Waals surface area contributed by atoms with E-state index in [1.807, 2.05) is 36.7 Å². The van der Waals surface area contributed by atoms with Crippen molar-refractivity contribution < 1.29 is 4.79 Å². The van der Waals surface area contributed by atoms with Gasteiger partial charge in [-0.05, 0) is 18.9 Å². The highest BCUT2D eigenvalue weighted by molar-refractivity contribution is 7.29. The first-order chi connectivity index (χ1) is 11.0. The predicted octanol–water partition coefficient (Wildman–Crippen LogP) is 2.68. The van der Waals surface area contributed by atoms with Crippen LogP contribution in [0.1, 0.15) is 34.3 Å². The average Bonchev–Trinajstić information content (AvgIpc) is 2.98. The molecule has 9 heteroatoms. The van der Waals surface area contributed by atoms with Crippen molar-refractivity contribution in [2.75, 3.05) is 24.3 Å². The van der Waals surface area contributed by atoms with Gasteiger partial charge in [-0.2, -0.15) is 0 Å². The lowest BCUT2D eigenvalue weighted by Gasteiger charge is -2.05. The maximum atomic E-state index is 12.4. The first kappa shape index (κ1) is 14.6. The summed E-state index contributed by atoms with van der Waals surface area (Å²) in [6.45, 7) is 0. The second-order valence-electron chi connectivity index (χ2n) is 5.84. The number of carbonyl (C=O) groups excluding carboxylic acids is 1. The zero-order chi connectivity index (χ0) is 16.1. The van der Waals surface area contributed by atoms with Gasteiger partial charge < -0.3 is 4.90 Å². The van der Waals surface area contributed by atoms with Gasteiger partial charge in [0.05, 0.1) is 9.58 Å². The molecule has 4 rings (SSSR count). The fourth-order valence-corrected chi connectivity index (χ4v) is 4.37. The molecule has 1 aliphatic carbocycles. The summed E-state index contributed by atoms with van der Waals surface area (Å²) in [5.74, 6) is 1.78. The molecule has 3 aromatic heterocycles. The van der Waals surface area contributed by atoms with Gasteiger partial charge in [0.15, 0.2) is 5.13 Å². The average molecular weight is 348 g/mol. The third-order valence-corrected chi connectivity index (χ3v) is 6.09. The quantitative estimate of drug-likeness (QED) is 0.784. The summed E-state index contributed by atoms with van der Waals surface area (Å²) in [7, 11) is 5.81. The maximum Gasteiger partial charge on any atom is 0.268 e. The van der Waals surface area contributed by atoms with Crippen LogP contribution in [-0.2, 0) is 7.05 Å². The molecule has 23 heavy (non-hydrogen) atoms. The molecule has 0 radical (unpaired) electrons. The SMILES string of the molecule is CN(C)c1nc2sc(C(=O)Nc3nnc(C4CC4)n3C)cc2s1. The Kier molecular flexibility index (Phi) is 3.34. The Morgan fingerprint density at radius 1 is 1.35 bits per heavy atom. The van der Waals surface area contributed by atoms with E-state index in [1.54, 1.807) is 11.3 Å². The van der Waals surface area contributed by atoms with Crippen LogP contribution in [0.3, 0.4) is 0 Å². The van der Waals surface area contributed by atoms with Crippen molar-refractivity contribution in [2.45, 2.75) is 18.8 Å². The van der Waals surface area contributed by atoms with Gasteiger partial charge in [-0.3, -0.25) is 14.7 Å². The smallest absolute Gasteiger partial charge is 0.268 e. The topological polar surface area (TPSA) is 75.9 Å². The van der Waals surface area contributed by atoms with E-state index in [9.17, 15) is 4.79 Å². The molecule has 1 saturated carbocycles. The van der Waals surface area contributed by atoms with Crippen LogP contribution in [0.15, 0.2) is 6.07 Å². The first-order valence-electron chi connectivity index (χ1n) is 7.31. The number of nitrogens with one attached hydrogen (secondary N) is 1. The highest BCUT2D eigenvalue weighted by Crippen LogP contribution is 2.39. The zero-order valence-corrected chi connectivity index (χ0v) is 14.7. The van der Waals surface area contributed by atoms with Gasteiger partial charge >= 0.3 is 0 Å². The van der Waals surface area contributed by atoms with Crippen molar-refractivity contribution in [3.05, 3.63) is 16.8 Å². The third-order valence-electron chi connectivity index (χ3n) is 3.76. The molecule has 1 N–H and O–H groups in total. The van der Waals surface area contributed by atoms with Gasteiger partial charge in [-0.25, -0.2) is 4.98 Å². The summed E-state index contributed by atoms with van der Waals surface area (Å²) in [5.41, 5.74) is 0. The molecule has 7 nitrogen and oxygen atoms in total. The molecule has 1 aliphatic rings. The van der Waals surface area contributed by atoms with Crippen LogP contribution >= 0.6 is 22.7 Å². The molecular weight excluding hydrogens is 332 g/mol. The predicted molar refractivity (Wildman–Crippen MR) is 92.8 cm³/mol. The second-order valence-corrected chi connectivity index (χ2v) is 7.88. The fraction of sp³-hybridized carbons (Fsp3) is 0.429. The number of rotatable bonds is 4. The van der Waals surface area contributed by atoms with Crippen LogP contribution in [0.5, 0.6) is 0 Å². The Morgan fingerprint density at radius 2 is 2.13 bits per heavy atom. The van der Waals surface area contributed by atoms with E-state index in [0.29, 0.717) is 16.7 Å². The molecule has 0 bridgehead atoms. The van der Waals surface area contributed by atoms with Crippen molar-refractivity contribution in [2.24, 2.45) is 7.05 Å². The number of hydrogen-bond donors (Lipinski definition) is 1. The van der Waals surface area contributed by atoms with E-state index in [-0.39, 0.29) is 5.91 Å². The molecule has 3 heterocycles. The Bertz CT molecular complexity index is 857. The summed E-state index contributed by atoms with van der Waals surface area (Å²) in [6, 6.07) is 1.89. The van der Waals surface area contributed by atoms with Crippen LogP contribution in [0.2, 0.25) is 0 Å². The minimum atomic E-state index is -0.163. The highest BCUT2D eigenvalue weighted by atomic mass is 32.1. The number of nitrogens with zero attached hydrogens (tertiary/aromatic N) is 5. The normalized spacial score (nSPS) is 14.4. The number of hydrogen-bond acceptors (Lipinski definition) is 7. The fourth-order valence-electron chi connectivity index (χ4n) is 2.34. The number of anilines is 2. The molecule has 0 spiro atoms. The van der Waals surface area contributed by atoms with Crippen LogP contribution in [0.25, 0.3) is 9.53 Å². The number of thiazole rings is 1. The van der Waals surface area contributed by atoms with Crippen molar-refractivity contribution in [3.63, 3.8) is 0 Å². The molecule has 0 aliphatic heterocycles. The molecule has 0 aromatic carbocycles. The van der Waals surface area contributed by atoms with Gasteiger partial charge in [0.2, 0.25) is 5.95 Å². The monoisotopic (exact) mass is 348 g/mol. The van der Waals surface area contributed by atoms with Crippen molar-refractivity contribution in [1.82, 2.24) is 19.7 Å². The van der Waals surface area contributed by atoms with E-state index in [4.69, 9.17) is 0 Å². The van der Waals surface area contributed by atoms with Crippen LogP contribution in [0, 0.1) is 0 Å². The second kappa shape index (κ2) is 5.27. The Balaban J connectivity index is 1.55. The highest BCUT2D eigenvalue weighted by Gasteiger charge is 2.29. The summed E-state index contributed by atoms with van der Waals surface area (Å²) < 4.78 is 2.90. The van der Waals surface area contributed by atoms with E-state index < -0.39 is 0 Å². The largest absolute Gasteiger partial charge is 0.354 e. The van der Waals surface area contributed by atoms with E-state index in [0.717, 1.165) is 33.3 Å². The van der Waals surface area contributed by atoms with Crippen molar-refractivity contribution in [3.8, 4) is 0 Å². The van der Waals surface area contributed by atoms with Crippen LogP contribution in [-0.4, -0.2) is 39.8 Å². The van der Waals surface area contributed by atoms with Crippen LogP contribution < -0.4 is 10.2 Å². The van der Waals surface area contributed by atoms with E-state index in [2.05, 4.69) is 20.5 Å². The molecule has 0 unspecified atom stereocenters. The van der Waals surface area contributed by atoms with E-state index in [1.165, 1.54) is 11.3 Å². The first-order valence-corrected chi connectivity index (χ1v) is 8.94. The minimum Gasteiger partial charge on any atom is -0.354 e. The number of fused-ring (bicyclic) bond motifs is 1. The van der Waals surface area contributed by atoms with Crippen molar-refractivity contribution in [1.29, 1.82) is 0 Å². The lowest BCUT2D eigenvalue weighted by atomic mass is 10.4. The summed E-state index contributed by atoms with van der Waals surface area (Å²) in [6.07, 6.45) is 2.31.